The summed E-state index contributed by atoms with van der Waals surface area (Å²) >= 11 is 0. The van der Waals surface area contributed by atoms with Crippen LogP contribution in [-0.4, -0.2) is 36.8 Å². The minimum atomic E-state index is -0.407. The number of benzene rings is 2. The fourth-order valence-electron chi connectivity index (χ4n) is 3.46. The fraction of sp³-hybridized carbons (Fsp3) is 0.0909. The molecule has 1 N–H and O–H groups in total. The number of nitrogens with one attached hydrogen (secondary N) is 1. The summed E-state index contributed by atoms with van der Waals surface area (Å²) in [6.45, 7) is -0.232. The molecule has 5 aromatic rings. The third-order valence-electron chi connectivity index (χ3n) is 4.94. The third kappa shape index (κ3) is 3.31. The van der Waals surface area contributed by atoms with Gasteiger partial charge in [0.15, 0.2) is 5.65 Å². The number of fused-ring (bicyclic) bond motifs is 3. The van der Waals surface area contributed by atoms with E-state index in [1.165, 1.54) is 11.5 Å². The minimum Gasteiger partial charge on any atom is -0.495 e. The van der Waals surface area contributed by atoms with E-state index in [0.29, 0.717) is 22.6 Å². The summed E-state index contributed by atoms with van der Waals surface area (Å²) in [4.78, 5) is 25.3. The maximum Gasteiger partial charge on any atom is 0.350 e. The van der Waals surface area contributed by atoms with Crippen molar-refractivity contribution in [1.29, 1.82) is 0 Å². The Balaban J connectivity index is 1.49. The lowest BCUT2D eigenvalue weighted by Gasteiger charge is -2.09. The van der Waals surface area contributed by atoms with Gasteiger partial charge in [0.1, 0.15) is 17.8 Å². The van der Waals surface area contributed by atoms with Gasteiger partial charge in [-0.05, 0) is 18.2 Å². The number of nitrogens with zero attached hydrogens (tertiary/aromatic N) is 5. The number of carbonyl (C=O) groups excluding carboxylic acids is 1. The average Bonchev–Trinajstić information content (AvgIpc) is 3.36. The molecule has 9 nitrogen and oxygen atoms in total. The highest BCUT2D eigenvalue weighted by molar-refractivity contribution is 5.92. The highest BCUT2D eigenvalue weighted by atomic mass is 16.5. The summed E-state index contributed by atoms with van der Waals surface area (Å²) in [5.74, 6) is 0.150. The Morgan fingerprint density at radius 3 is 2.61 bits per heavy atom. The molecule has 31 heavy (non-hydrogen) atoms. The molecule has 0 unspecified atom stereocenters. The second-order valence-electron chi connectivity index (χ2n) is 6.91. The number of hydrogen-bond acceptors (Lipinski definition) is 5. The average molecular weight is 414 g/mol. The van der Waals surface area contributed by atoms with Gasteiger partial charge >= 0.3 is 5.69 Å². The molecule has 0 radical (unpaired) electrons. The van der Waals surface area contributed by atoms with Gasteiger partial charge in [-0.25, -0.2) is 18.4 Å². The normalized spacial score (nSPS) is 11.1. The molecule has 154 valence electrons. The molecule has 3 heterocycles. The predicted octanol–water partition coefficient (Wildman–Crippen LogP) is 2.46. The molecule has 0 aliphatic heterocycles. The van der Waals surface area contributed by atoms with Gasteiger partial charge in [-0.3, -0.25) is 4.79 Å². The Morgan fingerprint density at radius 1 is 1.03 bits per heavy atom. The summed E-state index contributed by atoms with van der Waals surface area (Å²) in [5, 5.41) is 11.7. The monoisotopic (exact) mass is 414 g/mol. The zero-order valence-corrected chi connectivity index (χ0v) is 16.6. The quantitative estimate of drug-likeness (QED) is 0.477. The molecule has 5 rings (SSSR count). The largest absolute Gasteiger partial charge is 0.495 e. The van der Waals surface area contributed by atoms with Gasteiger partial charge < -0.3 is 10.1 Å². The van der Waals surface area contributed by atoms with Crippen molar-refractivity contribution >= 4 is 22.8 Å². The van der Waals surface area contributed by atoms with Crippen LogP contribution in [0.2, 0.25) is 0 Å². The second-order valence-corrected chi connectivity index (χ2v) is 6.91. The minimum absolute atomic E-state index is 0.232. The molecule has 0 aliphatic rings. The van der Waals surface area contributed by atoms with Crippen LogP contribution in [-0.2, 0) is 11.3 Å². The summed E-state index contributed by atoms with van der Waals surface area (Å²) < 4.78 is 9.45. The van der Waals surface area contributed by atoms with Gasteiger partial charge in [-0.1, -0.05) is 42.5 Å². The topological polar surface area (TPSA) is 94.9 Å². The fourth-order valence-corrected chi connectivity index (χ4v) is 3.46. The maximum absolute atomic E-state index is 12.8. The van der Waals surface area contributed by atoms with Crippen LogP contribution in [0.15, 0.2) is 77.9 Å². The van der Waals surface area contributed by atoms with E-state index < -0.39 is 5.69 Å². The molecule has 0 spiro atoms. The molecule has 9 heteroatoms. The van der Waals surface area contributed by atoms with E-state index in [2.05, 4.69) is 15.5 Å². The van der Waals surface area contributed by atoms with Crippen LogP contribution >= 0.6 is 0 Å². The molecule has 0 saturated heterocycles. The molecule has 3 aromatic heterocycles. The number of methoxy groups -OCH3 is 1. The van der Waals surface area contributed by atoms with Crippen molar-refractivity contribution < 1.29 is 9.53 Å². The van der Waals surface area contributed by atoms with Gasteiger partial charge in [-0.2, -0.15) is 5.10 Å². The molecule has 0 atom stereocenters. The number of ether oxygens (including phenoxy) is 1. The molecular formula is C22H18N6O3. The van der Waals surface area contributed by atoms with Crippen LogP contribution in [0.5, 0.6) is 5.75 Å². The molecule has 0 bridgehead atoms. The molecular weight excluding hydrogens is 396 g/mol. The van der Waals surface area contributed by atoms with Crippen LogP contribution in [0.1, 0.15) is 0 Å². The summed E-state index contributed by atoms with van der Waals surface area (Å²) in [5.41, 5.74) is 2.94. The highest BCUT2D eigenvalue weighted by Crippen LogP contribution is 2.23. The molecule has 0 saturated carbocycles. The first-order valence-corrected chi connectivity index (χ1v) is 9.60. The SMILES string of the molecule is COc1ccccc1NC(=O)Cn1nc2c3cc(-c4ccccc4)nn3ccn2c1=O. The van der Waals surface area contributed by atoms with Crippen LogP contribution in [0.3, 0.4) is 0 Å². The molecule has 0 aliphatic carbocycles. The van der Waals surface area contributed by atoms with Crippen LogP contribution in [0.25, 0.3) is 22.4 Å². The Hall–Kier alpha value is -4.40. The number of rotatable bonds is 5. The number of amides is 1. The van der Waals surface area contributed by atoms with E-state index in [4.69, 9.17) is 4.74 Å². The Labute approximate surface area is 176 Å². The molecule has 0 fully saturated rings. The lowest BCUT2D eigenvalue weighted by atomic mass is 10.1. The van der Waals surface area contributed by atoms with E-state index >= 15 is 0 Å². The van der Waals surface area contributed by atoms with Crippen molar-refractivity contribution in [3.8, 4) is 17.0 Å². The highest BCUT2D eigenvalue weighted by Gasteiger charge is 2.16. The van der Waals surface area contributed by atoms with Crippen molar-refractivity contribution in [3.05, 3.63) is 83.5 Å². The first-order chi connectivity index (χ1) is 15.1. The lowest BCUT2D eigenvalue weighted by molar-refractivity contribution is -0.117. The first-order valence-electron chi connectivity index (χ1n) is 9.60. The summed E-state index contributed by atoms with van der Waals surface area (Å²) in [6.07, 6.45) is 3.28. The van der Waals surface area contributed by atoms with Gasteiger partial charge in [0, 0.05) is 18.0 Å². The smallest absolute Gasteiger partial charge is 0.350 e. The number of aromatic nitrogens is 5. The van der Waals surface area contributed by atoms with Gasteiger partial charge in [0.05, 0.1) is 18.5 Å². The summed E-state index contributed by atoms with van der Waals surface area (Å²) in [7, 11) is 1.53. The molecule has 2 aromatic carbocycles. The van der Waals surface area contributed by atoms with Crippen molar-refractivity contribution in [3.63, 3.8) is 0 Å². The lowest BCUT2D eigenvalue weighted by Crippen LogP contribution is -2.28. The Morgan fingerprint density at radius 2 is 1.81 bits per heavy atom. The second kappa shape index (κ2) is 7.45. The maximum atomic E-state index is 12.8. The Bertz CT molecular complexity index is 1470. The molecule has 1 amide bonds. The van der Waals surface area contributed by atoms with Crippen molar-refractivity contribution in [2.24, 2.45) is 0 Å². The van der Waals surface area contributed by atoms with Gasteiger partial charge in [0.2, 0.25) is 5.91 Å². The number of hydrogen-bond donors (Lipinski definition) is 1. The van der Waals surface area contributed by atoms with Crippen LogP contribution < -0.4 is 15.7 Å². The van der Waals surface area contributed by atoms with Crippen molar-refractivity contribution in [2.75, 3.05) is 12.4 Å². The van der Waals surface area contributed by atoms with Crippen LogP contribution in [0.4, 0.5) is 5.69 Å². The van der Waals surface area contributed by atoms with E-state index in [9.17, 15) is 9.59 Å². The van der Waals surface area contributed by atoms with Crippen molar-refractivity contribution in [2.45, 2.75) is 6.54 Å². The Kier molecular flexibility index (Phi) is 4.47. The summed E-state index contributed by atoms with van der Waals surface area (Å²) in [6, 6.07) is 18.7. The van der Waals surface area contributed by atoms with E-state index in [-0.39, 0.29) is 12.5 Å². The number of para-hydroxylation sites is 2. The number of anilines is 1. The van der Waals surface area contributed by atoms with Gasteiger partial charge in [0.25, 0.3) is 0 Å². The zero-order chi connectivity index (χ0) is 21.4. The first kappa shape index (κ1) is 18.6. The third-order valence-corrected chi connectivity index (χ3v) is 4.94. The van der Waals surface area contributed by atoms with E-state index in [1.54, 1.807) is 35.1 Å². The number of carbonyl (C=O) groups is 1. The standard InChI is InChI=1S/C22H18N6O3/c1-31-19-10-6-5-9-16(19)23-20(29)14-28-22(30)26-11-12-27-18(21(26)25-28)13-17(24-27)15-7-3-2-4-8-15/h2-13H,14H2,1H3,(H,23,29). The van der Waals surface area contributed by atoms with Gasteiger partial charge in [-0.15, -0.1) is 5.10 Å². The van der Waals surface area contributed by atoms with Crippen molar-refractivity contribution in [1.82, 2.24) is 23.8 Å². The van der Waals surface area contributed by atoms with E-state index in [0.717, 1.165) is 15.9 Å². The van der Waals surface area contributed by atoms with E-state index in [1.807, 2.05) is 42.5 Å². The zero-order valence-electron chi connectivity index (χ0n) is 16.6. The predicted molar refractivity (Wildman–Crippen MR) is 115 cm³/mol. The van der Waals surface area contributed by atoms with Crippen LogP contribution in [0, 0.1) is 0 Å².